The first-order valence-electron chi connectivity index (χ1n) is 7.36. The smallest absolute Gasteiger partial charge is 0.319 e. The second kappa shape index (κ2) is 7.46. The highest BCUT2D eigenvalue weighted by Crippen LogP contribution is 2.24. The van der Waals surface area contributed by atoms with Gasteiger partial charge >= 0.3 is 6.03 Å². The number of aromatic nitrogens is 2. The summed E-state index contributed by atoms with van der Waals surface area (Å²) in [5, 5.41) is 9.78. The van der Waals surface area contributed by atoms with Crippen LogP contribution in [0.4, 0.5) is 14.9 Å². The normalized spacial score (nSPS) is 12.3. The fraction of sp³-hybridized carbons (Fsp3) is 0.375. The van der Waals surface area contributed by atoms with Crippen LogP contribution in [0, 0.1) is 11.7 Å². The molecule has 0 aliphatic heterocycles. The minimum Gasteiger partial charge on any atom is -0.337 e. The van der Waals surface area contributed by atoms with Crippen LogP contribution in [0.1, 0.15) is 25.5 Å². The highest BCUT2D eigenvalue weighted by molar-refractivity contribution is 6.33. The van der Waals surface area contributed by atoms with E-state index in [4.69, 9.17) is 11.6 Å². The zero-order chi connectivity index (χ0) is 17.0. The Kier molecular flexibility index (Phi) is 5.60. The van der Waals surface area contributed by atoms with E-state index in [1.807, 2.05) is 13.1 Å². The molecule has 1 atom stereocenters. The maximum atomic E-state index is 13.0. The Labute approximate surface area is 139 Å². The molecule has 7 heteroatoms. The number of benzene rings is 1. The summed E-state index contributed by atoms with van der Waals surface area (Å²) in [5.41, 5.74) is 1.42. The summed E-state index contributed by atoms with van der Waals surface area (Å²) in [5.74, 6) is 0.0223. The van der Waals surface area contributed by atoms with Crippen molar-refractivity contribution in [1.29, 1.82) is 0 Å². The molecule has 0 fully saturated rings. The third kappa shape index (κ3) is 4.45. The lowest BCUT2D eigenvalue weighted by atomic mass is 9.92. The average Bonchev–Trinajstić information content (AvgIpc) is 2.88. The van der Waals surface area contributed by atoms with Gasteiger partial charge in [-0.1, -0.05) is 25.4 Å². The van der Waals surface area contributed by atoms with Crippen LogP contribution in [-0.4, -0.2) is 22.4 Å². The number of carbonyl (C=O) groups excluding carboxylic acids is 1. The fourth-order valence-corrected chi connectivity index (χ4v) is 2.60. The molecule has 0 spiro atoms. The molecule has 23 heavy (non-hydrogen) atoms. The van der Waals surface area contributed by atoms with Crippen LogP contribution < -0.4 is 10.6 Å². The van der Waals surface area contributed by atoms with Crippen LogP contribution in [0.25, 0.3) is 0 Å². The van der Waals surface area contributed by atoms with E-state index in [2.05, 4.69) is 29.6 Å². The van der Waals surface area contributed by atoms with E-state index < -0.39 is 5.82 Å². The Morgan fingerprint density at radius 2 is 2.13 bits per heavy atom. The van der Waals surface area contributed by atoms with E-state index in [0.717, 1.165) is 11.8 Å². The standard InChI is InChI=1S/C16H20ClFN4O/c1-10(2)12(15-6-7-20-22(15)3)9-19-16(23)21-14-5-4-11(18)8-13(14)17/h4-8,10,12H,9H2,1-3H3,(H2,19,21,23)/t12-/m0/s1. The van der Waals surface area contributed by atoms with Gasteiger partial charge in [0.2, 0.25) is 0 Å². The van der Waals surface area contributed by atoms with Gasteiger partial charge in [-0.05, 0) is 30.2 Å². The van der Waals surface area contributed by atoms with Gasteiger partial charge in [0, 0.05) is 31.4 Å². The van der Waals surface area contributed by atoms with Gasteiger partial charge in [0.05, 0.1) is 10.7 Å². The van der Waals surface area contributed by atoms with Crippen molar-refractivity contribution in [3.8, 4) is 0 Å². The Morgan fingerprint density at radius 1 is 1.39 bits per heavy atom. The van der Waals surface area contributed by atoms with Gasteiger partial charge in [-0.25, -0.2) is 9.18 Å². The van der Waals surface area contributed by atoms with E-state index in [1.54, 1.807) is 10.9 Å². The molecule has 2 rings (SSSR count). The third-order valence-electron chi connectivity index (χ3n) is 3.71. The predicted molar refractivity (Wildman–Crippen MR) is 89.2 cm³/mol. The zero-order valence-electron chi connectivity index (χ0n) is 13.3. The van der Waals surface area contributed by atoms with Crippen LogP contribution in [-0.2, 0) is 7.05 Å². The molecule has 2 N–H and O–H groups in total. The molecule has 0 radical (unpaired) electrons. The highest BCUT2D eigenvalue weighted by Gasteiger charge is 2.20. The van der Waals surface area contributed by atoms with Crippen LogP contribution >= 0.6 is 11.6 Å². The van der Waals surface area contributed by atoms with Crippen molar-refractivity contribution in [2.45, 2.75) is 19.8 Å². The van der Waals surface area contributed by atoms with Crippen LogP contribution in [0.3, 0.4) is 0 Å². The summed E-state index contributed by atoms with van der Waals surface area (Å²) in [7, 11) is 1.88. The maximum Gasteiger partial charge on any atom is 0.319 e. The number of amides is 2. The zero-order valence-corrected chi connectivity index (χ0v) is 14.1. The van der Waals surface area contributed by atoms with E-state index in [0.29, 0.717) is 18.2 Å². The molecule has 124 valence electrons. The summed E-state index contributed by atoms with van der Waals surface area (Å²) in [4.78, 5) is 12.0. The van der Waals surface area contributed by atoms with E-state index in [-0.39, 0.29) is 17.0 Å². The van der Waals surface area contributed by atoms with E-state index >= 15 is 0 Å². The Balaban J connectivity index is 1.98. The molecule has 2 amide bonds. The maximum absolute atomic E-state index is 13.0. The van der Waals surface area contributed by atoms with Crippen LogP contribution in [0.15, 0.2) is 30.5 Å². The number of nitrogens with zero attached hydrogens (tertiary/aromatic N) is 2. The first-order valence-corrected chi connectivity index (χ1v) is 7.74. The molecule has 5 nitrogen and oxygen atoms in total. The summed E-state index contributed by atoms with van der Waals surface area (Å²) in [6.45, 7) is 4.64. The van der Waals surface area contributed by atoms with Gasteiger partial charge in [-0.3, -0.25) is 4.68 Å². The Hall–Kier alpha value is -2.08. The molecular formula is C16H20ClFN4O. The Morgan fingerprint density at radius 3 is 2.70 bits per heavy atom. The van der Waals surface area contributed by atoms with Gasteiger partial charge in [0.15, 0.2) is 0 Å². The van der Waals surface area contributed by atoms with Crippen molar-refractivity contribution in [2.24, 2.45) is 13.0 Å². The molecule has 2 aromatic rings. The van der Waals surface area contributed by atoms with Gasteiger partial charge < -0.3 is 10.6 Å². The summed E-state index contributed by atoms with van der Waals surface area (Å²) in [6.07, 6.45) is 1.74. The number of hydrogen-bond donors (Lipinski definition) is 2. The molecule has 0 saturated heterocycles. The monoisotopic (exact) mass is 338 g/mol. The molecule has 1 aromatic carbocycles. The predicted octanol–water partition coefficient (Wildman–Crippen LogP) is 3.77. The molecule has 0 aliphatic rings. The van der Waals surface area contributed by atoms with Crippen molar-refractivity contribution in [3.63, 3.8) is 0 Å². The van der Waals surface area contributed by atoms with Gasteiger partial charge in [0.25, 0.3) is 0 Å². The van der Waals surface area contributed by atoms with Gasteiger partial charge in [-0.2, -0.15) is 5.10 Å². The van der Waals surface area contributed by atoms with Crippen molar-refractivity contribution in [3.05, 3.63) is 47.0 Å². The molecule has 0 aliphatic carbocycles. The lowest BCUT2D eigenvalue weighted by Crippen LogP contribution is -2.34. The number of hydrogen-bond acceptors (Lipinski definition) is 2. The number of aryl methyl sites for hydroxylation is 1. The number of anilines is 1. The topological polar surface area (TPSA) is 59.0 Å². The molecule has 1 heterocycles. The number of rotatable bonds is 5. The number of urea groups is 1. The molecule has 0 saturated carbocycles. The van der Waals surface area contributed by atoms with Crippen LogP contribution in [0.5, 0.6) is 0 Å². The van der Waals surface area contributed by atoms with Gasteiger partial charge in [-0.15, -0.1) is 0 Å². The first-order chi connectivity index (χ1) is 10.9. The number of carbonyl (C=O) groups is 1. The second-order valence-corrected chi connectivity index (χ2v) is 6.10. The van der Waals surface area contributed by atoms with Crippen molar-refractivity contribution in [2.75, 3.05) is 11.9 Å². The summed E-state index contributed by atoms with van der Waals surface area (Å²) in [6, 6.07) is 5.39. The third-order valence-corrected chi connectivity index (χ3v) is 4.02. The average molecular weight is 339 g/mol. The first kappa shape index (κ1) is 17.3. The lowest BCUT2D eigenvalue weighted by Gasteiger charge is -2.21. The largest absolute Gasteiger partial charge is 0.337 e. The van der Waals surface area contributed by atoms with Gasteiger partial charge in [0.1, 0.15) is 5.82 Å². The summed E-state index contributed by atoms with van der Waals surface area (Å²) < 4.78 is 14.8. The number of halogens is 2. The van der Waals surface area contributed by atoms with Crippen molar-refractivity contribution >= 4 is 23.3 Å². The Bertz CT molecular complexity index is 686. The quantitative estimate of drug-likeness (QED) is 0.871. The van der Waals surface area contributed by atoms with Crippen molar-refractivity contribution < 1.29 is 9.18 Å². The van der Waals surface area contributed by atoms with E-state index in [1.165, 1.54) is 12.1 Å². The molecule has 1 aromatic heterocycles. The molecule has 0 bridgehead atoms. The minimum absolute atomic E-state index is 0.136. The fourth-order valence-electron chi connectivity index (χ4n) is 2.39. The number of nitrogens with one attached hydrogen (secondary N) is 2. The van der Waals surface area contributed by atoms with E-state index in [9.17, 15) is 9.18 Å². The highest BCUT2D eigenvalue weighted by atomic mass is 35.5. The summed E-state index contributed by atoms with van der Waals surface area (Å²) >= 11 is 5.89. The lowest BCUT2D eigenvalue weighted by molar-refractivity contribution is 0.250. The molecular weight excluding hydrogens is 319 g/mol. The van der Waals surface area contributed by atoms with Crippen molar-refractivity contribution in [1.82, 2.24) is 15.1 Å². The SMILES string of the molecule is CC(C)[C@H](CNC(=O)Nc1ccc(F)cc1Cl)c1ccnn1C. The molecule has 0 unspecified atom stereocenters. The van der Waals surface area contributed by atoms with Crippen LogP contribution in [0.2, 0.25) is 5.02 Å². The minimum atomic E-state index is -0.447. The second-order valence-electron chi connectivity index (χ2n) is 5.69.